The van der Waals surface area contributed by atoms with Crippen LogP contribution in [-0.4, -0.2) is 16.8 Å². The lowest BCUT2D eigenvalue weighted by atomic mass is 9.89. The zero-order chi connectivity index (χ0) is 21.3. The second-order valence-corrected chi connectivity index (χ2v) is 8.39. The normalized spacial score (nSPS) is 15.4. The molecule has 1 aliphatic heterocycles. The van der Waals surface area contributed by atoms with Gasteiger partial charge in [0.2, 0.25) is 11.8 Å². The number of aromatic nitrogens is 1. The lowest BCUT2D eigenvalue weighted by Gasteiger charge is -2.24. The summed E-state index contributed by atoms with van der Waals surface area (Å²) < 4.78 is 26.7. The summed E-state index contributed by atoms with van der Waals surface area (Å²) in [5.74, 6) is -2.45. The summed E-state index contributed by atoms with van der Waals surface area (Å²) in [5.41, 5.74) is 2.83. The summed E-state index contributed by atoms with van der Waals surface area (Å²) >= 11 is 1.26. The van der Waals surface area contributed by atoms with Gasteiger partial charge in [-0.3, -0.25) is 9.59 Å². The van der Waals surface area contributed by atoms with Crippen molar-refractivity contribution in [2.45, 2.75) is 26.2 Å². The fraction of sp³-hybridized carbons (Fsp3) is 0.227. The Kier molecular flexibility index (Phi) is 5.59. The van der Waals surface area contributed by atoms with Crippen LogP contribution in [-0.2, 0) is 16.0 Å². The molecule has 4 rings (SSSR count). The number of nitrogens with zero attached hydrogens (tertiary/aromatic N) is 1. The van der Waals surface area contributed by atoms with Crippen molar-refractivity contribution in [3.63, 3.8) is 0 Å². The van der Waals surface area contributed by atoms with Crippen LogP contribution in [0.4, 0.5) is 19.6 Å². The van der Waals surface area contributed by atoms with Gasteiger partial charge in [-0.1, -0.05) is 18.2 Å². The molecule has 5 nitrogen and oxygen atoms in total. The Morgan fingerprint density at radius 3 is 2.83 bits per heavy atom. The Hall–Kier alpha value is -3.13. The molecule has 0 spiro atoms. The zero-order valence-corrected chi connectivity index (χ0v) is 17.0. The van der Waals surface area contributed by atoms with E-state index in [-0.39, 0.29) is 24.2 Å². The number of carbonyl (C=O) groups is 2. The monoisotopic (exact) mass is 427 g/mol. The predicted octanol–water partition coefficient (Wildman–Crippen LogP) is 4.93. The van der Waals surface area contributed by atoms with E-state index in [1.54, 1.807) is 6.92 Å². The Morgan fingerprint density at radius 2 is 2.03 bits per heavy atom. The molecule has 30 heavy (non-hydrogen) atoms. The van der Waals surface area contributed by atoms with E-state index in [2.05, 4.69) is 15.6 Å². The van der Waals surface area contributed by atoms with Crippen molar-refractivity contribution >= 4 is 34.0 Å². The number of aryl methyl sites for hydroxylation is 1. The number of amides is 2. The fourth-order valence-electron chi connectivity index (χ4n) is 3.49. The molecule has 2 amide bonds. The summed E-state index contributed by atoms with van der Waals surface area (Å²) in [5, 5.41) is 6.01. The highest BCUT2D eigenvalue weighted by Gasteiger charge is 2.26. The molecule has 0 radical (unpaired) electrons. The van der Waals surface area contributed by atoms with Crippen LogP contribution in [0.5, 0.6) is 0 Å². The standard InChI is InChI=1S/C22H19F2N3O2S/c1-12-20(14-6-8-16(23)17(24)11-14)27-22(30-12)26-19(28)9-7-15-10-13-4-2-3-5-18(13)25-21(15)29/h2-6,8,11,15H,7,9-10H2,1H3,(H,25,29)(H,26,27,28). The molecule has 8 heteroatoms. The topological polar surface area (TPSA) is 71.1 Å². The van der Waals surface area contributed by atoms with Gasteiger partial charge in [0.05, 0.1) is 5.69 Å². The van der Waals surface area contributed by atoms with Crippen LogP contribution in [0.15, 0.2) is 42.5 Å². The second kappa shape index (κ2) is 8.31. The van der Waals surface area contributed by atoms with Gasteiger partial charge in [-0.25, -0.2) is 13.8 Å². The molecule has 0 saturated heterocycles. The Bertz CT molecular complexity index is 1130. The number of rotatable bonds is 5. The lowest BCUT2D eigenvalue weighted by molar-refractivity contribution is -0.121. The first-order valence-electron chi connectivity index (χ1n) is 9.52. The fourth-order valence-corrected chi connectivity index (χ4v) is 4.35. The summed E-state index contributed by atoms with van der Waals surface area (Å²) in [4.78, 5) is 29.8. The summed E-state index contributed by atoms with van der Waals surface area (Å²) in [6.45, 7) is 1.80. The lowest BCUT2D eigenvalue weighted by Crippen LogP contribution is -2.30. The molecular formula is C22H19F2N3O2S. The number of fused-ring (bicyclic) bond motifs is 1. The molecule has 2 N–H and O–H groups in total. The van der Waals surface area contributed by atoms with Crippen LogP contribution in [0, 0.1) is 24.5 Å². The second-order valence-electron chi connectivity index (χ2n) is 7.19. The molecule has 0 aliphatic carbocycles. The summed E-state index contributed by atoms with van der Waals surface area (Å²) in [6, 6.07) is 11.2. The van der Waals surface area contributed by atoms with E-state index < -0.39 is 11.6 Å². The zero-order valence-electron chi connectivity index (χ0n) is 16.2. The molecule has 1 atom stereocenters. The van der Waals surface area contributed by atoms with Crippen LogP contribution < -0.4 is 10.6 Å². The molecule has 1 aliphatic rings. The average molecular weight is 427 g/mol. The van der Waals surface area contributed by atoms with Crippen molar-refractivity contribution in [3.8, 4) is 11.3 Å². The molecular weight excluding hydrogens is 408 g/mol. The quantitative estimate of drug-likeness (QED) is 0.607. The molecule has 0 fully saturated rings. The molecule has 3 aromatic rings. The number of benzene rings is 2. The van der Waals surface area contributed by atoms with Gasteiger partial charge in [0.15, 0.2) is 16.8 Å². The van der Waals surface area contributed by atoms with Crippen molar-refractivity contribution in [3.05, 3.63) is 64.5 Å². The number of para-hydroxylation sites is 1. The van der Waals surface area contributed by atoms with Gasteiger partial charge in [-0.2, -0.15) is 0 Å². The van der Waals surface area contributed by atoms with Crippen LogP contribution in [0.2, 0.25) is 0 Å². The van der Waals surface area contributed by atoms with E-state index in [0.29, 0.717) is 29.2 Å². The van der Waals surface area contributed by atoms with Gasteiger partial charge in [0.25, 0.3) is 0 Å². The van der Waals surface area contributed by atoms with E-state index >= 15 is 0 Å². The van der Waals surface area contributed by atoms with Crippen molar-refractivity contribution in [2.24, 2.45) is 5.92 Å². The maximum absolute atomic E-state index is 13.5. The van der Waals surface area contributed by atoms with Crippen molar-refractivity contribution in [1.82, 2.24) is 4.98 Å². The highest BCUT2D eigenvalue weighted by molar-refractivity contribution is 7.16. The van der Waals surface area contributed by atoms with Gasteiger partial charge in [-0.15, -0.1) is 11.3 Å². The number of halogens is 2. The van der Waals surface area contributed by atoms with E-state index in [1.807, 2.05) is 24.3 Å². The number of nitrogens with one attached hydrogen (secondary N) is 2. The summed E-state index contributed by atoms with van der Waals surface area (Å²) in [6.07, 6.45) is 1.21. The van der Waals surface area contributed by atoms with Crippen molar-refractivity contribution in [2.75, 3.05) is 10.6 Å². The Balaban J connectivity index is 1.38. The molecule has 2 aromatic carbocycles. The molecule has 2 heterocycles. The first-order valence-corrected chi connectivity index (χ1v) is 10.3. The third-order valence-corrected chi connectivity index (χ3v) is 5.95. The molecule has 0 saturated carbocycles. The van der Waals surface area contributed by atoms with E-state index in [0.717, 1.165) is 28.3 Å². The smallest absolute Gasteiger partial charge is 0.227 e. The first-order chi connectivity index (χ1) is 14.4. The number of anilines is 2. The highest BCUT2D eigenvalue weighted by atomic mass is 32.1. The molecule has 1 unspecified atom stereocenters. The maximum atomic E-state index is 13.5. The van der Waals surface area contributed by atoms with E-state index in [9.17, 15) is 18.4 Å². The van der Waals surface area contributed by atoms with Crippen LogP contribution in [0.3, 0.4) is 0 Å². The van der Waals surface area contributed by atoms with Crippen LogP contribution in [0.25, 0.3) is 11.3 Å². The molecule has 1 aromatic heterocycles. The Labute approximate surface area is 176 Å². The minimum absolute atomic E-state index is 0.0767. The number of carbonyl (C=O) groups excluding carboxylic acids is 2. The predicted molar refractivity (Wildman–Crippen MR) is 112 cm³/mol. The van der Waals surface area contributed by atoms with E-state index in [4.69, 9.17) is 0 Å². The third kappa shape index (κ3) is 4.23. The van der Waals surface area contributed by atoms with Gasteiger partial charge in [0, 0.05) is 28.5 Å². The summed E-state index contributed by atoms with van der Waals surface area (Å²) in [7, 11) is 0. The number of hydrogen-bond acceptors (Lipinski definition) is 4. The minimum Gasteiger partial charge on any atom is -0.326 e. The van der Waals surface area contributed by atoms with Crippen molar-refractivity contribution in [1.29, 1.82) is 0 Å². The largest absolute Gasteiger partial charge is 0.326 e. The number of hydrogen-bond donors (Lipinski definition) is 2. The number of thiazole rings is 1. The third-order valence-electron chi connectivity index (χ3n) is 5.07. The molecule has 0 bridgehead atoms. The van der Waals surface area contributed by atoms with E-state index in [1.165, 1.54) is 17.4 Å². The van der Waals surface area contributed by atoms with Crippen LogP contribution >= 0.6 is 11.3 Å². The highest BCUT2D eigenvalue weighted by Crippen LogP contribution is 2.32. The minimum atomic E-state index is -0.946. The van der Waals surface area contributed by atoms with Gasteiger partial charge >= 0.3 is 0 Å². The Morgan fingerprint density at radius 1 is 1.23 bits per heavy atom. The average Bonchev–Trinajstić information content (AvgIpc) is 3.08. The first kappa shape index (κ1) is 20.2. The van der Waals surface area contributed by atoms with Gasteiger partial charge < -0.3 is 10.6 Å². The maximum Gasteiger partial charge on any atom is 0.227 e. The van der Waals surface area contributed by atoms with Gasteiger partial charge in [-0.05, 0) is 49.6 Å². The van der Waals surface area contributed by atoms with Crippen LogP contribution in [0.1, 0.15) is 23.3 Å². The SMILES string of the molecule is Cc1sc(NC(=O)CCC2Cc3ccccc3NC2=O)nc1-c1ccc(F)c(F)c1. The van der Waals surface area contributed by atoms with Gasteiger partial charge in [0.1, 0.15) is 0 Å². The molecule has 154 valence electrons. The van der Waals surface area contributed by atoms with Crippen molar-refractivity contribution < 1.29 is 18.4 Å².